The number of carbonyl (C=O) groups excluding carboxylic acids is 2. The van der Waals surface area contributed by atoms with Gasteiger partial charge < -0.3 is 9.47 Å². The summed E-state index contributed by atoms with van der Waals surface area (Å²) >= 11 is 0. The first-order chi connectivity index (χ1) is 7.39. The third kappa shape index (κ3) is 1.81. The summed E-state index contributed by atoms with van der Waals surface area (Å²) in [6, 6.07) is 0. The molecule has 1 saturated carbocycles. The molecule has 1 saturated heterocycles. The van der Waals surface area contributed by atoms with E-state index in [0.29, 0.717) is 0 Å². The van der Waals surface area contributed by atoms with Crippen LogP contribution >= 0.6 is 0 Å². The maximum atomic E-state index is 11.9. The molecule has 0 aromatic carbocycles. The molecule has 1 unspecified atom stereocenters. The minimum absolute atomic E-state index is 0.214. The van der Waals surface area contributed by atoms with Crippen molar-refractivity contribution in [3.63, 3.8) is 0 Å². The lowest BCUT2D eigenvalue weighted by atomic mass is 9.90. The van der Waals surface area contributed by atoms with Crippen LogP contribution < -0.4 is 0 Å². The Morgan fingerprint density at radius 1 is 1.56 bits per heavy atom. The van der Waals surface area contributed by atoms with Crippen LogP contribution in [0.2, 0.25) is 0 Å². The van der Waals surface area contributed by atoms with Gasteiger partial charge in [0.15, 0.2) is 6.10 Å². The molecule has 1 spiro atoms. The van der Waals surface area contributed by atoms with Gasteiger partial charge in [-0.3, -0.25) is 9.59 Å². The van der Waals surface area contributed by atoms with Crippen molar-refractivity contribution in [1.29, 1.82) is 0 Å². The van der Waals surface area contributed by atoms with Crippen LogP contribution in [0.1, 0.15) is 46.5 Å². The first-order valence-electron chi connectivity index (χ1n) is 5.82. The van der Waals surface area contributed by atoms with Gasteiger partial charge in [0.2, 0.25) is 0 Å². The van der Waals surface area contributed by atoms with Gasteiger partial charge in [0.1, 0.15) is 5.60 Å². The Balaban J connectivity index is 2.00. The van der Waals surface area contributed by atoms with Crippen molar-refractivity contribution in [2.24, 2.45) is 5.41 Å². The fraction of sp³-hybridized carbons (Fsp3) is 0.833. The minimum Gasteiger partial charge on any atom is -0.457 e. The Morgan fingerprint density at radius 2 is 2.19 bits per heavy atom. The monoisotopic (exact) mass is 226 g/mol. The number of rotatable bonds is 3. The van der Waals surface area contributed by atoms with E-state index in [1.165, 1.54) is 0 Å². The summed E-state index contributed by atoms with van der Waals surface area (Å²) in [7, 11) is 0. The van der Waals surface area contributed by atoms with Gasteiger partial charge in [-0.1, -0.05) is 6.92 Å². The molecule has 1 aliphatic carbocycles. The van der Waals surface area contributed by atoms with E-state index in [4.69, 9.17) is 9.47 Å². The molecule has 90 valence electrons. The van der Waals surface area contributed by atoms with Gasteiger partial charge in [-0.2, -0.15) is 0 Å². The number of carbonyl (C=O) groups is 2. The summed E-state index contributed by atoms with van der Waals surface area (Å²) < 4.78 is 10.6. The highest BCUT2D eigenvalue weighted by atomic mass is 16.6. The molecular weight excluding hydrogens is 208 g/mol. The molecule has 4 heteroatoms. The highest BCUT2D eigenvalue weighted by molar-refractivity contribution is 5.78. The van der Waals surface area contributed by atoms with E-state index in [9.17, 15) is 9.59 Å². The maximum Gasteiger partial charge on any atom is 0.311 e. The molecule has 2 rings (SSSR count). The van der Waals surface area contributed by atoms with Gasteiger partial charge >= 0.3 is 11.9 Å². The third-order valence-corrected chi connectivity index (χ3v) is 3.68. The van der Waals surface area contributed by atoms with Gasteiger partial charge in [-0.05, 0) is 33.1 Å². The Morgan fingerprint density at radius 3 is 2.69 bits per heavy atom. The van der Waals surface area contributed by atoms with Crippen molar-refractivity contribution in [3.05, 3.63) is 0 Å². The average molecular weight is 226 g/mol. The second-order valence-electron chi connectivity index (χ2n) is 5.37. The largest absolute Gasteiger partial charge is 0.457 e. The Labute approximate surface area is 95.3 Å². The molecule has 0 aromatic heterocycles. The lowest BCUT2D eigenvalue weighted by molar-refractivity contribution is -0.164. The fourth-order valence-corrected chi connectivity index (χ4v) is 1.80. The van der Waals surface area contributed by atoms with Gasteiger partial charge in [0.25, 0.3) is 0 Å². The minimum atomic E-state index is -0.484. The quantitative estimate of drug-likeness (QED) is 0.689. The second kappa shape index (κ2) is 3.47. The van der Waals surface area contributed by atoms with E-state index in [0.717, 1.165) is 19.3 Å². The predicted octanol–water partition coefficient (Wildman–Crippen LogP) is 1.81. The molecule has 2 fully saturated rings. The molecule has 16 heavy (non-hydrogen) atoms. The number of hydrogen-bond donors (Lipinski definition) is 0. The van der Waals surface area contributed by atoms with E-state index in [2.05, 4.69) is 0 Å². The highest BCUT2D eigenvalue weighted by Crippen LogP contribution is 2.49. The van der Waals surface area contributed by atoms with Gasteiger partial charge in [-0.15, -0.1) is 0 Å². The Bertz CT molecular complexity index is 328. The average Bonchev–Trinajstić information content (AvgIpc) is 2.90. The van der Waals surface area contributed by atoms with E-state index in [1.807, 2.05) is 20.8 Å². The second-order valence-corrected chi connectivity index (χ2v) is 5.37. The normalized spacial score (nSPS) is 26.7. The summed E-state index contributed by atoms with van der Waals surface area (Å²) in [6.07, 6.45) is 2.22. The lowest BCUT2D eigenvalue weighted by Gasteiger charge is -2.24. The van der Waals surface area contributed by atoms with Crippen LogP contribution in [0.4, 0.5) is 0 Å². The summed E-state index contributed by atoms with van der Waals surface area (Å²) in [4.78, 5) is 23.1. The standard InChI is InChI=1S/C12H18O4/c1-4-11(2,3)10(14)15-8-7-9(13)16-12(8)5-6-12/h8H,4-7H2,1-3H3. The van der Waals surface area contributed by atoms with Crippen molar-refractivity contribution < 1.29 is 19.1 Å². The first-order valence-corrected chi connectivity index (χ1v) is 5.82. The van der Waals surface area contributed by atoms with Gasteiger partial charge in [0, 0.05) is 0 Å². The van der Waals surface area contributed by atoms with Crippen molar-refractivity contribution >= 4 is 11.9 Å². The van der Waals surface area contributed by atoms with Crippen LogP contribution in [-0.2, 0) is 19.1 Å². The SMILES string of the molecule is CCC(C)(C)C(=O)OC1CC(=O)OC12CC2. The predicted molar refractivity (Wildman–Crippen MR) is 56.6 cm³/mol. The van der Waals surface area contributed by atoms with Crippen LogP contribution in [0, 0.1) is 5.41 Å². The highest BCUT2D eigenvalue weighted by Gasteiger charge is 2.60. The summed E-state index contributed by atoms with van der Waals surface area (Å²) in [5.74, 6) is -0.478. The van der Waals surface area contributed by atoms with Crippen LogP contribution in [0.5, 0.6) is 0 Å². The lowest BCUT2D eigenvalue weighted by Crippen LogP contribution is -2.35. The van der Waals surface area contributed by atoms with Crippen molar-refractivity contribution in [2.75, 3.05) is 0 Å². The molecule has 1 heterocycles. The molecule has 0 N–H and O–H groups in total. The molecule has 0 aromatic rings. The molecule has 0 radical (unpaired) electrons. The zero-order chi connectivity index (χ0) is 12.0. The Kier molecular flexibility index (Phi) is 2.48. The number of ether oxygens (including phenoxy) is 2. The zero-order valence-electron chi connectivity index (χ0n) is 10.0. The van der Waals surface area contributed by atoms with Crippen LogP contribution in [0.15, 0.2) is 0 Å². The molecule has 2 aliphatic rings. The van der Waals surface area contributed by atoms with Crippen molar-refractivity contribution in [1.82, 2.24) is 0 Å². The molecule has 0 amide bonds. The number of esters is 2. The first kappa shape index (κ1) is 11.4. The molecule has 4 nitrogen and oxygen atoms in total. The summed E-state index contributed by atoms with van der Waals surface area (Å²) in [5, 5.41) is 0. The third-order valence-electron chi connectivity index (χ3n) is 3.68. The molecule has 1 aliphatic heterocycles. The van der Waals surface area contributed by atoms with Crippen molar-refractivity contribution in [3.8, 4) is 0 Å². The van der Waals surface area contributed by atoms with E-state index >= 15 is 0 Å². The van der Waals surface area contributed by atoms with Crippen molar-refractivity contribution in [2.45, 2.75) is 58.2 Å². The summed E-state index contributed by atoms with van der Waals surface area (Å²) in [6.45, 7) is 5.66. The molecule has 1 atom stereocenters. The van der Waals surface area contributed by atoms with Crippen LogP contribution in [0.25, 0.3) is 0 Å². The topological polar surface area (TPSA) is 52.6 Å². The van der Waals surface area contributed by atoms with E-state index in [1.54, 1.807) is 0 Å². The van der Waals surface area contributed by atoms with E-state index in [-0.39, 0.29) is 24.5 Å². The molecular formula is C12H18O4. The van der Waals surface area contributed by atoms with Gasteiger partial charge in [0.05, 0.1) is 11.8 Å². The van der Waals surface area contributed by atoms with Gasteiger partial charge in [-0.25, -0.2) is 0 Å². The fourth-order valence-electron chi connectivity index (χ4n) is 1.80. The number of hydrogen-bond acceptors (Lipinski definition) is 4. The van der Waals surface area contributed by atoms with Crippen LogP contribution in [0.3, 0.4) is 0 Å². The summed E-state index contributed by atoms with van der Waals surface area (Å²) in [5.41, 5.74) is -0.946. The smallest absolute Gasteiger partial charge is 0.311 e. The Hall–Kier alpha value is -1.06. The van der Waals surface area contributed by atoms with Crippen LogP contribution in [-0.4, -0.2) is 23.6 Å². The molecule has 0 bridgehead atoms. The maximum absolute atomic E-state index is 11.9. The zero-order valence-corrected chi connectivity index (χ0v) is 10.0. The van der Waals surface area contributed by atoms with E-state index < -0.39 is 11.0 Å².